The predicted octanol–water partition coefficient (Wildman–Crippen LogP) is 3.52. The Hall–Kier alpha value is -0.860. The third-order valence-corrected chi connectivity index (χ3v) is 3.91. The van der Waals surface area contributed by atoms with Gasteiger partial charge in [-0.3, -0.25) is 0 Å². The smallest absolute Gasteiger partial charge is 0.0594 e. The molecule has 2 unspecified atom stereocenters. The number of aryl methyl sites for hydroxylation is 2. The van der Waals surface area contributed by atoms with E-state index in [0.29, 0.717) is 12.1 Å². The van der Waals surface area contributed by atoms with E-state index in [-0.39, 0.29) is 0 Å². The van der Waals surface area contributed by atoms with Gasteiger partial charge in [-0.25, -0.2) is 0 Å². The molecule has 0 bridgehead atoms. The van der Waals surface area contributed by atoms with Gasteiger partial charge in [0.15, 0.2) is 0 Å². The van der Waals surface area contributed by atoms with Crippen LogP contribution in [0.4, 0.5) is 0 Å². The summed E-state index contributed by atoms with van der Waals surface area (Å²) in [6.45, 7) is 8.47. The fourth-order valence-corrected chi connectivity index (χ4v) is 2.66. The molecule has 1 aromatic carbocycles. The van der Waals surface area contributed by atoms with Crippen molar-refractivity contribution in [2.45, 2.75) is 52.2 Å². The highest BCUT2D eigenvalue weighted by Crippen LogP contribution is 2.26. The van der Waals surface area contributed by atoms with Gasteiger partial charge in [0, 0.05) is 12.6 Å². The fraction of sp³-hybridized carbons (Fsp3) is 0.625. The summed E-state index contributed by atoms with van der Waals surface area (Å²) >= 11 is 0. The molecule has 0 aliphatic carbocycles. The van der Waals surface area contributed by atoms with Gasteiger partial charge >= 0.3 is 0 Å². The molecule has 18 heavy (non-hydrogen) atoms. The van der Waals surface area contributed by atoms with Crippen LogP contribution in [0.5, 0.6) is 0 Å². The number of rotatable bonds is 5. The maximum atomic E-state index is 5.77. The lowest BCUT2D eigenvalue weighted by molar-refractivity contribution is 0.0947. The molecule has 1 aliphatic heterocycles. The Kier molecular flexibility index (Phi) is 4.79. The lowest BCUT2D eigenvalue weighted by atomic mass is 9.96. The molecule has 2 heteroatoms. The zero-order chi connectivity index (χ0) is 13.0. The van der Waals surface area contributed by atoms with E-state index in [1.54, 1.807) is 0 Å². The maximum absolute atomic E-state index is 5.77. The molecule has 2 nitrogen and oxygen atoms in total. The third kappa shape index (κ3) is 3.33. The molecule has 0 saturated carbocycles. The van der Waals surface area contributed by atoms with Gasteiger partial charge in [-0.1, -0.05) is 25.1 Å². The second-order valence-electron chi connectivity index (χ2n) is 5.32. The lowest BCUT2D eigenvalue weighted by Crippen LogP contribution is -2.25. The third-order valence-electron chi connectivity index (χ3n) is 3.91. The summed E-state index contributed by atoms with van der Waals surface area (Å²) in [4.78, 5) is 0. The Morgan fingerprint density at radius 2 is 2.17 bits per heavy atom. The summed E-state index contributed by atoms with van der Waals surface area (Å²) < 4.78 is 5.77. The van der Waals surface area contributed by atoms with Crippen LogP contribution >= 0.6 is 0 Å². The van der Waals surface area contributed by atoms with E-state index in [9.17, 15) is 0 Å². The Balaban J connectivity index is 2.09. The minimum atomic E-state index is 0.428. The highest BCUT2D eigenvalue weighted by molar-refractivity contribution is 5.31. The normalized spacial score (nSPS) is 21.2. The average Bonchev–Trinajstić information content (AvgIpc) is 2.85. The molecule has 0 radical (unpaired) electrons. The van der Waals surface area contributed by atoms with E-state index in [1.165, 1.54) is 29.5 Å². The molecule has 2 rings (SSSR count). The second-order valence-corrected chi connectivity index (χ2v) is 5.32. The first-order valence-corrected chi connectivity index (χ1v) is 7.13. The minimum absolute atomic E-state index is 0.428. The van der Waals surface area contributed by atoms with E-state index in [4.69, 9.17) is 4.74 Å². The van der Waals surface area contributed by atoms with Gasteiger partial charge in [0.1, 0.15) is 0 Å². The second kappa shape index (κ2) is 6.35. The van der Waals surface area contributed by atoms with Crippen molar-refractivity contribution in [3.63, 3.8) is 0 Å². The van der Waals surface area contributed by atoms with Crippen molar-refractivity contribution in [2.75, 3.05) is 13.2 Å². The Morgan fingerprint density at radius 3 is 2.78 bits per heavy atom. The van der Waals surface area contributed by atoms with E-state index < -0.39 is 0 Å². The molecule has 0 spiro atoms. The van der Waals surface area contributed by atoms with E-state index in [1.807, 2.05) is 0 Å². The van der Waals surface area contributed by atoms with Crippen LogP contribution in [-0.4, -0.2) is 19.3 Å². The first kappa shape index (κ1) is 13.6. The van der Waals surface area contributed by atoms with Gasteiger partial charge in [0.05, 0.1) is 6.10 Å². The van der Waals surface area contributed by atoms with Crippen LogP contribution in [0, 0.1) is 13.8 Å². The number of nitrogens with one attached hydrogen (secondary N) is 1. The minimum Gasteiger partial charge on any atom is -0.378 e. The van der Waals surface area contributed by atoms with Gasteiger partial charge in [-0.15, -0.1) is 0 Å². The summed E-state index contributed by atoms with van der Waals surface area (Å²) in [7, 11) is 0. The Bertz CT molecular complexity index is 383. The van der Waals surface area contributed by atoms with Gasteiger partial charge in [0.25, 0.3) is 0 Å². The van der Waals surface area contributed by atoms with Gasteiger partial charge in [0.2, 0.25) is 0 Å². The molecule has 2 atom stereocenters. The van der Waals surface area contributed by atoms with Crippen molar-refractivity contribution in [1.29, 1.82) is 0 Å². The summed E-state index contributed by atoms with van der Waals surface area (Å²) in [5.41, 5.74) is 4.14. The summed E-state index contributed by atoms with van der Waals surface area (Å²) in [6.07, 6.45) is 3.97. The summed E-state index contributed by atoms with van der Waals surface area (Å²) in [5, 5.41) is 3.59. The van der Waals surface area contributed by atoms with E-state index >= 15 is 0 Å². The highest BCUT2D eigenvalue weighted by atomic mass is 16.5. The fourth-order valence-electron chi connectivity index (χ4n) is 2.66. The summed E-state index contributed by atoms with van der Waals surface area (Å²) in [6, 6.07) is 7.23. The van der Waals surface area contributed by atoms with Crippen LogP contribution in [0.25, 0.3) is 0 Å². The van der Waals surface area contributed by atoms with Crippen LogP contribution in [-0.2, 0) is 4.74 Å². The number of hydrogen-bond acceptors (Lipinski definition) is 2. The monoisotopic (exact) mass is 247 g/mol. The molecular formula is C16H25NO. The van der Waals surface area contributed by atoms with Gasteiger partial charge in [-0.2, -0.15) is 0 Å². The van der Waals surface area contributed by atoms with Crippen LogP contribution in [0.1, 0.15) is 48.9 Å². The summed E-state index contributed by atoms with van der Waals surface area (Å²) in [5.74, 6) is 0. The van der Waals surface area contributed by atoms with E-state index in [0.717, 1.165) is 19.6 Å². The van der Waals surface area contributed by atoms with Crippen molar-refractivity contribution in [3.05, 3.63) is 34.9 Å². The topological polar surface area (TPSA) is 21.3 Å². The standard InChI is InChI=1S/C16H25NO/c1-4-17-16(11-15-6-5-9-18-15)14-8-7-12(2)13(3)10-14/h7-8,10,15-17H,4-6,9,11H2,1-3H3. The van der Waals surface area contributed by atoms with Crippen LogP contribution < -0.4 is 5.32 Å². The quantitative estimate of drug-likeness (QED) is 0.859. The Morgan fingerprint density at radius 1 is 1.33 bits per heavy atom. The molecule has 0 aromatic heterocycles. The largest absolute Gasteiger partial charge is 0.378 e. The molecule has 1 saturated heterocycles. The first-order valence-electron chi connectivity index (χ1n) is 7.13. The number of hydrogen-bond donors (Lipinski definition) is 1. The van der Waals surface area contributed by atoms with Crippen LogP contribution in [0.15, 0.2) is 18.2 Å². The predicted molar refractivity (Wildman–Crippen MR) is 75.9 cm³/mol. The zero-order valence-corrected chi connectivity index (χ0v) is 11.8. The zero-order valence-electron chi connectivity index (χ0n) is 11.8. The molecule has 1 aliphatic rings. The lowest BCUT2D eigenvalue weighted by Gasteiger charge is -2.22. The molecule has 1 fully saturated rings. The van der Waals surface area contributed by atoms with Crippen molar-refractivity contribution in [1.82, 2.24) is 5.32 Å². The SMILES string of the molecule is CCNC(CC1CCCO1)c1ccc(C)c(C)c1. The molecule has 100 valence electrons. The van der Waals surface area contributed by atoms with Crippen LogP contribution in [0.3, 0.4) is 0 Å². The number of benzene rings is 1. The van der Waals surface area contributed by atoms with Crippen molar-refractivity contribution in [3.8, 4) is 0 Å². The molecule has 1 aromatic rings. The Labute approximate surface area is 111 Å². The molecule has 0 amide bonds. The molecule has 1 heterocycles. The van der Waals surface area contributed by atoms with E-state index in [2.05, 4.69) is 44.3 Å². The van der Waals surface area contributed by atoms with Crippen molar-refractivity contribution >= 4 is 0 Å². The van der Waals surface area contributed by atoms with Crippen LogP contribution in [0.2, 0.25) is 0 Å². The molecule has 1 N–H and O–H groups in total. The van der Waals surface area contributed by atoms with Gasteiger partial charge in [-0.05, 0) is 56.3 Å². The first-order chi connectivity index (χ1) is 8.70. The highest BCUT2D eigenvalue weighted by Gasteiger charge is 2.21. The van der Waals surface area contributed by atoms with Gasteiger partial charge < -0.3 is 10.1 Å². The number of ether oxygens (including phenoxy) is 1. The van der Waals surface area contributed by atoms with Crippen molar-refractivity contribution in [2.24, 2.45) is 0 Å². The molecular weight excluding hydrogens is 222 g/mol. The maximum Gasteiger partial charge on any atom is 0.0594 e. The average molecular weight is 247 g/mol. The van der Waals surface area contributed by atoms with Crippen molar-refractivity contribution < 1.29 is 4.74 Å².